The smallest absolute Gasteiger partial charge is 0.345 e. The van der Waals surface area contributed by atoms with Crippen molar-refractivity contribution in [2.45, 2.75) is 72.2 Å². The molecule has 0 fully saturated rings. The lowest BCUT2D eigenvalue weighted by Crippen LogP contribution is -2.43. The summed E-state index contributed by atoms with van der Waals surface area (Å²) >= 11 is 0. The summed E-state index contributed by atoms with van der Waals surface area (Å²) in [4.78, 5) is 0. The van der Waals surface area contributed by atoms with E-state index in [0.717, 1.165) is 6.42 Å². The molecular formula is C18H43N2O3PSi. The van der Waals surface area contributed by atoms with Crippen LogP contribution in [0.15, 0.2) is 0 Å². The molecule has 0 aromatic heterocycles. The molecule has 0 aromatic rings. The summed E-state index contributed by atoms with van der Waals surface area (Å²) in [5.41, 5.74) is 0. The van der Waals surface area contributed by atoms with Gasteiger partial charge in [-0.25, -0.2) is 9.34 Å². The fourth-order valence-corrected chi connectivity index (χ4v) is 5.29. The van der Waals surface area contributed by atoms with Gasteiger partial charge in [0.05, 0.1) is 6.10 Å². The zero-order valence-corrected chi connectivity index (χ0v) is 20.6. The van der Waals surface area contributed by atoms with Crippen molar-refractivity contribution in [2.24, 2.45) is 11.8 Å². The van der Waals surface area contributed by atoms with Crippen LogP contribution >= 0.6 is 7.67 Å². The van der Waals surface area contributed by atoms with E-state index in [1.54, 1.807) is 9.34 Å². The Kier molecular flexibility index (Phi) is 9.58. The molecule has 0 saturated carbocycles. The summed E-state index contributed by atoms with van der Waals surface area (Å²) in [6.07, 6.45) is 0.876. The molecule has 0 heterocycles. The van der Waals surface area contributed by atoms with Crippen molar-refractivity contribution in [3.63, 3.8) is 0 Å². The molecule has 7 heteroatoms. The van der Waals surface area contributed by atoms with Crippen molar-refractivity contribution in [1.29, 1.82) is 0 Å². The third-order valence-electron chi connectivity index (χ3n) is 5.55. The third kappa shape index (κ3) is 6.75. The molecule has 0 spiro atoms. The highest BCUT2D eigenvalue weighted by Crippen LogP contribution is 2.53. The molecule has 0 N–H and O–H groups in total. The standard InChI is InChI=1S/C18H43N2O3PSi/c1-13-15(2)17(23-24(21,19(7)8)20(9)10)16(3)14-22-25(11,12)18(4,5)6/h15-17H,13-14H2,1-12H3/t15-,16+,17+/m0/s1. The number of rotatable bonds is 10. The van der Waals surface area contributed by atoms with Crippen molar-refractivity contribution in [2.75, 3.05) is 34.8 Å². The van der Waals surface area contributed by atoms with E-state index in [0.29, 0.717) is 12.5 Å². The van der Waals surface area contributed by atoms with Crippen LogP contribution in [0.3, 0.4) is 0 Å². The van der Waals surface area contributed by atoms with Gasteiger partial charge < -0.3 is 8.95 Å². The van der Waals surface area contributed by atoms with Crippen LogP contribution in [-0.4, -0.2) is 58.6 Å². The fraction of sp³-hybridized carbons (Fsp3) is 1.00. The average Bonchev–Trinajstić information content (AvgIpc) is 2.47. The van der Waals surface area contributed by atoms with Gasteiger partial charge in [0.2, 0.25) is 0 Å². The minimum Gasteiger partial charge on any atom is -0.416 e. The van der Waals surface area contributed by atoms with Crippen LogP contribution in [0.25, 0.3) is 0 Å². The minimum absolute atomic E-state index is 0.106. The van der Waals surface area contributed by atoms with E-state index in [4.69, 9.17) is 8.95 Å². The Morgan fingerprint density at radius 3 is 1.76 bits per heavy atom. The highest BCUT2D eigenvalue weighted by atomic mass is 31.2. The first-order valence-corrected chi connectivity index (χ1v) is 13.8. The first kappa shape index (κ1) is 25.3. The van der Waals surface area contributed by atoms with Crippen molar-refractivity contribution in [1.82, 2.24) is 9.34 Å². The molecule has 152 valence electrons. The Labute approximate surface area is 158 Å². The molecule has 3 atom stereocenters. The van der Waals surface area contributed by atoms with E-state index in [9.17, 15) is 4.57 Å². The molecule has 0 unspecified atom stereocenters. The number of nitrogens with zero attached hydrogens (tertiary/aromatic N) is 2. The molecule has 0 aromatic carbocycles. The van der Waals surface area contributed by atoms with Crippen LogP contribution in [0.5, 0.6) is 0 Å². The molecule has 0 bridgehead atoms. The molecule has 0 aliphatic heterocycles. The van der Waals surface area contributed by atoms with Gasteiger partial charge in [0.25, 0.3) is 0 Å². The van der Waals surface area contributed by atoms with Crippen molar-refractivity contribution in [3.8, 4) is 0 Å². The second-order valence-electron chi connectivity index (χ2n) is 9.19. The first-order chi connectivity index (χ1) is 11.1. The maximum Gasteiger partial charge on any atom is 0.345 e. The van der Waals surface area contributed by atoms with E-state index >= 15 is 0 Å². The fourth-order valence-electron chi connectivity index (χ4n) is 2.36. The van der Waals surface area contributed by atoms with Crippen LogP contribution in [0.4, 0.5) is 0 Å². The molecule has 25 heavy (non-hydrogen) atoms. The quantitative estimate of drug-likeness (QED) is 0.371. The van der Waals surface area contributed by atoms with E-state index in [1.165, 1.54) is 0 Å². The van der Waals surface area contributed by atoms with Gasteiger partial charge in [0.15, 0.2) is 8.32 Å². The average molecular weight is 395 g/mol. The summed E-state index contributed by atoms with van der Waals surface area (Å²) in [5, 5.41) is 0.183. The van der Waals surface area contributed by atoms with Gasteiger partial charge in [0, 0.05) is 12.5 Å². The van der Waals surface area contributed by atoms with Crippen LogP contribution < -0.4 is 0 Å². The topological polar surface area (TPSA) is 42.0 Å². The third-order valence-corrected chi connectivity index (χ3v) is 12.6. The summed E-state index contributed by atoms with van der Waals surface area (Å²) < 4.78 is 29.4. The van der Waals surface area contributed by atoms with Crippen molar-refractivity contribution in [3.05, 3.63) is 0 Å². The Morgan fingerprint density at radius 2 is 1.44 bits per heavy atom. The molecule has 0 aliphatic rings. The summed E-state index contributed by atoms with van der Waals surface area (Å²) in [6.45, 7) is 18.4. The Morgan fingerprint density at radius 1 is 1.00 bits per heavy atom. The van der Waals surface area contributed by atoms with E-state index in [1.807, 2.05) is 28.2 Å². The zero-order chi connectivity index (χ0) is 20.2. The number of hydrogen-bond acceptors (Lipinski definition) is 3. The maximum absolute atomic E-state index is 13.3. The van der Waals surface area contributed by atoms with Crippen LogP contribution in [-0.2, 0) is 13.5 Å². The van der Waals surface area contributed by atoms with Gasteiger partial charge in [-0.2, -0.15) is 0 Å². The minimum atomic E-state index is -3.01. The van der Waals surface area contributed by atoms with Crippen molar-refractivity contribution < 1.29 is 13.5 Å². The van der Waals surface area contributed by atoms with Gasteiger partial charge in [-0.05, 0) is 52.2 Å². The van der Waals surface area contributed by atoms with Gasteiger partial charge in [-0.3, -0.25) is 4.57 Å². The monoisotopic (exact) mass is 394 g/mol. The Balaban J connectivity index is 5.32. The zero-order valence-electron chi connectivity index (χ0n) is 18.7. The molecule has 0 amide bonds. The van der Waals surface area contributed by atoms with Crippen LogP contribution in [0, 0.1) is 11.8 Å². The highest BCUT2D eigenvalue weighted by Gasteiger charge is 2.40. The molecule has 0 rings (SSSR count). The summed E-state index contributed by atoms with van der Waals surface area (Å²) in [5.74, 6) is 0.489. The molecular weight excluding hydrogens is 351 g/mol. The lowest BCUT2D eigenvalue weighted by molar-refractivity contribution is 0.0462. The maximum atomic E-state index is 13.3. The number of hydrogen-bond donors (Lipinski definition) is 0. The van der Waals surface area contributed by atoms with Crippen LogP contribution in [0.2, 0.25) is 18.1 Å². The molecule has 0 radical (unpaired) electrons. The molecule has 0 aliphatic carbocycles. The predicted octanol–water partition coefficient (Wildman–Crippen LogP) is 5.31. The second-order valence-corrected chi connectivity index (χ2v) is 16.8. The normalized spacial score (nSPS) is 17.8. The molecule has 5 nitrogen and oxygen atoms in total. The van der Waals surface area contributed by atoms with Crippen LogP contribution in [0.1, 0.15) is 48.0 Å². The SMILES string of the molecule is CC[C@H](C)[C@@H](OP(=O)(N(C)C)N(C)C)[C@H](C)CO[Si](C)(C)C(C)(C)C. The second kappa shape index (κ2) is 9.47. The van der Waals surface area contributed by atoms with E-state index in [2.05, 4.69) is 54.6 Å². The molecule has 0 saturated heterocycles. The Bertz CT molecular complexity index is 438. The van der Waals surface area contributed by atoms with Crippen molar-refractivity contribution >= 4 is 16.0 Å². The predicted molar refractivity (Wildman–Crippen MR) is 112 cm³/mol. The largest absolute Gasteiger partial charge is 0.416 e. The highest BCUT2D eigenvalue weighted by molar-refractivity contribution is 7.53. The van der Waals surface area contributed by atoms with Gasteiger partial charge >= 0.3 is 7.67 Å². The lowest BCUT2D eigenvalue weighted by Gasteiger charge is -2.40. The summed E-state index contributed by atoms with van der Waals surface area (Å²) in [6, 6.07) is 0. The summed E-state index contributed by atoms with van der Waals surface area (Å²) in [7, 11) is 2.42. The van der Waals surface area contributed by atoms with Gasteiger partial charge in [-0.15, -0.1) is 0 Å². The lowest BCUT2D eigenvalue weighted by atomic mass is 9.92. The van der Waals surface area contributed by atoms with E-state index in [-0.39, 0.29) is 17.1 Å². The Hall–Kier alpha value is 0.287. The van der Waals surface area contributed by atoms with Gasteiger partial charge in [-0.1, -0.05) is 48.0 Å². The van der Waals surface area contributed by atoms with Gasteiger partial charge in [0.1, 0.15) is 0 Å². The first-order valence-electron chi connectivity index (χ1n) is 9.38. The van der Waals surface area contributed by atoms with E-state index < -0.39 is 16.0 Å².